The molecule has 0 unspecified atom stereocenters. The lowest BCUT2D eigenvalue weighted by Crippen LogP contribution is -2.57. The van der Waals surface area contributed by atoms with Crippen molar-refractivity contribution in [1.29, 1.82) is 0 Å². The molecule has 2 atom stereocenters. The third-order valence-electron chi connectivity index (χ3n) is 11.9. The van der Waals surface area contributed by atoms with Crippen LogP contribution in [0.3, 0.4) is 0 Å². The molecule has 1 aliphatic heterocycles. The third kappa shape index (κ3) is 6.67. The van der Waals surface area contributed by atoms with Crippen LogP contribution in [0.25, 0.3) is 32.3 Å². The highest BCUT2D eigenvalue weighted by molar-refractivity contribution is 7.89. The van der Waals surface area contributed by atoms with Gasteiger partial charge in [0.05, 0.1) is 17.0 Å². The van der Waals surface area contributed by atoms with Crippen LogP contribution >= 0.6 is 11.6 Å². The van der Waals surface area contributed by atoms with Crippen molar-refractivity contribution in [2.45, 2.75) is 74.4 Å². The Morgan fingerprint density at radius 2 is 1.53 bits per heavy atom. The maximum absolute atomic E-state index is 14.1. The Morgan fingerprint density at radius 3 is 2.31 bits per heavy atom. The summed E-state index contributed by atoms with van der Waals surface area (Å²) in [5.41, 5.74) is 5.66. The molecule has 0 radical (unpaired) electrons. The summed E-state index contributed by atoms with van der Waals surface area (Å²) in [5.74, 6) is -0.906. The van der Waals surface area contributed by atoms with Gasteiger partial charge in [-0.15, -0.1) is 0 Å². The van der Waals surface area contributed by atoms with Crippen molar-refractivity contribution in [3.8, 4) is 0 Å². The number of hydrogen-bond donors (Lipinski definition) is 3. The molecule has 280 valence electrons. The first-order chi connectivity index (χ1) is 26.8. The highest BCUT2D eigenvalue weighted by Crippen LogP contribution is 2.45. The Bertz CT molecular complexity index is 2590. The second-order valence-corrected chi connectivity index (χ2v) is 17.5. The third-order valence-corrected chi connectivity index (χ3v) is 14.1. The molecule has 2 fully saturated rings. The van der Waals surface area contributed by atoms with Crippen molar-refractivity contribution in [1.82, 2.24) is 14.9 Å². The molecule has 8 nitrogen and oxygen atoms in total. The van der Waals surface area contributed by atoms with E-state index in [4.69, 9.17) is 11.6 Å². The number of benzene rings is 6. The second-order valence-electron chi connectivity index (χ2n) is 15.1. The Balaban J connectivity index is 1.08. The smallest absolute Gasteiger partial charge is 0.243 e. The van der Waals surface area contributed by atoms with Crippen LogP contribution in [0, 0.1) is 0 Å². The first kappa shape index (κ1) is 35.9. The van der Waals surface area contributed by atoms with E-state index in [1.807, 2.05) is 24.3 Å². The van der Waals surface area contributed by atoms with Gasteiger partial charge in [0, 0.05) is 42.0 Å². The number of fused-ring (bicyclic) bond motifs is 6. The minimum Gasteiger partial charge on any atom is -0.353 e. The molecule has 2 aliphatic carbocycles. The number of anilines is 1. The second kappa shape index (κ2) is 14.7. The van der Waals surface area contributed by atoms with Gasteiger partial charge in [-0.2, -0.15) is 4.31 Å². The molecule has 10 heteroatoms. The number of nitrogens with zero attached hydrogens (tertiary/aromatic N) is 1. The molecule has 1 saturated heterocycles. The molecule has 55 heavy (non-hydrogen) atoms. The summed E-state index contributed by atoms with van der Waals surface area (Å²) in [7, 11) is -4.08. The van der Waals surface area contributed by atoms with Gasteiger partial charge in [-0.25, -0.2) is 8.42 Å². The number of carbonyl (C=O) groups excluding carboxylic acids is 2. The highest BCUT2D eigenvalue weighted by Gasteiger charge is 2.40. The zero-order valence-electron chi connectivity index (χ0n) is 30.5. The SMILES string of the molecule is O=C(C[C@@H]1C(=O)NCCN1S(=O)(=O)c1ccc(Cl)cc1)Nc1c([C@@H]2CCCc3c2ccc2c3cc(CNC3CCC3)c3ccccc32)ccc2ccccc12. The lowest BCUT2D eigenvalue weighted by Gasteiger charge is -2.34. The van der Waals surface area contributed by atoms with Gasteiger partial charge in [-0.3, -0.25) is 9.59 Å². The molecule has 0 spiro atoms. The van der Waals surface area contributed by atoms with E-state index in [-0.39, 0.29) is 30.3 Å². The van der Waals surface area contributed by atoms with Crippen molar-refractivity contribution >= 4 is 71.4 Å². The van der Waals surface area contributed by atoms with Crippen molar-refractivity contribution in [3.05, 3.63) is 130 Å². The Kier molecular flexibility index (Phi) is 9.58. The lowest BCUT2D eigenvalue weighted by atomic mass is 9.75. The number of rotatable bonds is 9. The summed E-state index contributed by atoms with van der Waals surface area (Å²) in [6.45, 7) is 1.04. The quantitative estimate of drug-likeness (QED) is 0.128. The minimum absolute atomic E-state index is 0.0200. The summed E-state index contributed by atoms with van der Waals surface area (Å²) in [6, 6.07) is 33.1. The van der Waals surface area contributed by atoms with E-state index in [0.29, 0.717) is 16.8 Å². The molecule has 1 saturated carbocycles. The van der Waals surface area contributed by atoms with E-state index in [9.17, 15) is 18.0 Å². The van der Waals surface area contributed by atoms with Gasteiger partial charge in [0.25, 0.3) is 0 Å². The Morgan fingerprint density at radius 1 is 0.800 bits per heavy atom. The van der Waals surface area contributed by atoms with Crippen molar-refractivity contribution < 1.29 is 18.0 Å². The average molecular weight is 771 g/mol. The zero-order valence-corrected chi connectivity index (χ0v) is 32.1. The largest absolute Gasteiger partial charge is 0.353 e. The maximum atomic E-state index is 14.1. The number of hydrogen-bond acceptors (Lipinski definition) is 5. The van der Waals surface area contributed by atoms with E-state index in [0.717, 1.165) is 46.4 Å². The van der Waals surface area contributed by atoms with E-state index in [1.54, 1.807) is 0 Å². The first-order valence-corrected chi connectivity index (χ1v) is 21.1. The van der Waals surface area contributed by atoms with Crippen LogP contribution in [-0.4, -0.2) is 49.7 Å². The van der Waals surface area contributed by atoms with E-state index in [1.165, 1.54) is 81.8 Å². The molecule has 3 aliphatic rings. The maximum Gasteiger partial charge on any atom is 0.243 e. The molecule has 1 heterocycles. The van der Waals surface area contributed by atoms with E-state index < -0.39 is 27.9 Å². The molecule has 2 amide bonds. The fourth-order valence-corrected chi connectivity index (χ4v) is 10.6. The Labute approximate surface area is 326 Å². The summed E-state index contributed by atoms with van der Waals surface area (Å²) < 4.78 is 28.7. The number of nitrogens with one attached hydrogen (secondary N) is 3. The normalized spacial score (nSPS) is 19.3. The van der Waals surface area contributed by atoms with Crippen molar-refractivity contribution in [3.63, 3.8) is 0 Å². The van der Waals surface area contributed by atoms with Gasteiger partial charge in [0.15, 0.2) is 0 Å². The predicted molar refractivity (Wildman–Crippen MR) is 220 cm³/mol. The van der Waals surface area contributed by atoms with Gasteiger partial charge in [0.1, 0.15) is 6.04 Å². The van der Waals surface area contributed by atoms with Crippen LogP contribution in [0.1, 0.15) is 66.7 Å². The summed E-state index contributed by atoms with van der Waals surface area (Å²) in [4.78, 5) is 27.4. The Hall–Kier alpha value is -4.80. The number of sulfonamides is 1. The van der Waals surface area contributed by atoms with Gasteiger partial charge < -0.3 is 16.0 Å². The van der Waals surface area contributed by atoms with Crippen molar-refractivity contribution in [2.24, 2.45) is 0 Å². The standard InChI is InChI=1S/C45H43ClN4O4S/c46-30-16-18-32(19-17-30)55(53,54)50-24-23-47-45(52)42(50)26-43(51)49-44-34-11-2-1-7-28(34)15-20-40(44)36-13-6-14-37-38(36)21-22-39-35-12-4-3-10-33(35)29(25-41(37)39)27-48-31-8-5-9-31/h1-4,7,10-12,15-22,25,31,36,42,48H,5-6,8-9,13-14,23-24,26-27H2,(H,47,52)(H,49,51)/t36-,42-/m1/s1. The zero-order chi connectivity index (χ0) is 37.7. The molecule has 3 N–H and O–H groups in total. The van der Waals surface area contributed by atoms with E-state index in [2.05, 4.69) is 70.5 Å². The molecular weight excluding hydrogens is 728 g/mol. The van der Waals surface area contributed by atoms with E-state index >= 15 is 0 Å². The summed E-state index contributed by atoms with van der Waals surface area (Å²) >= 11 is 6.04. The summed E-state index contributed by atoms with van der Waals surface area (Å²) in [5, 5.41) is 17.2. The molecule has 0 bridgehead atoms. The lowest BCUT2D eigenvalue weighted by molar-refractivity contribution is -0.130. The monoisotopic (exact) mass is 770 g/mol. The van der Waals surface area contributed by atoms with Crippen LogP contribution in [0.2, 0.25) is 5.02 Å². The number of halogens is 1. The molecule has 6 aromatic carbocycles. The number of amides is 2. The van der Waals surface area contributed by atoms with Crippen LogP contribution < -0.4 is 16.0 Å². The van der Waals surface area contributed by atoms with Gasteiger partial charge in [0.2, 0.25) is 21.8 Å². The highest BCUT2D eigenvalue weighted by atomic mass is 35.5. The summed E-state index contributed by atoms with van der Waals surface area (Å²) in [6.07, 6.45) is 6.33. The number of piperazine rings is 1. The number of carbonyl (C=O) groups is 2. The van der Waals surface area contributed by atoms with Crippen LogP contribution in [-0.2, 0) is 32.6 Å². The average Bonchev–Trinajstić information content (AvgIpc) is 3.18. The number of aryl methyl sites for hydroxylation is 1. The first-order valence-electron chi connectivity index (χ1n) is 19.3. The predicted octanol–water partition coefficient (Wildman–Crippen LogP) is 8.43. The molecule has 9 rings (SSSR count). The fraction of sp³-hybridized carbons (Fsp3) is 0.289. The fourth-order valence-electron chi connectivity index (χ4n) is 8.91. The van der Waals surface area contributed by atoms with Crippen molar-refractivity contribution in [2.75, 3.05) is 18.4 Å². The van der Waals surface area contributed by atoms with Gasteiger partial charge in [-0.05, 0) is 112 Å². The van der Waals surface area contributed by atoms with Crippen LogP contribution in [0.15, 0.2) is 108 Å². The molecule has 0 aromatic heterocycles. The molecule has 6 aromatic rings. The van der Waals surface area contributed by atoms with Gasteiger partial charge in [-0.1, -0.05) is 90.8 Å². The van der Waals surface area contributed by atoms with Gasteiger partial charge >= 0.3 is 0 Å². The molecular formula is C45H43ClN4O4S. The van der Waals surface area contributed by atoms with Crippen LogP contribution in [0.4, 0.5) is 5.69 Å². The minimum atomic E-state index is -4.08. The van der Waals surface area contributed by atoms with Crippen LogP contribution in [0.5, 0.6) is 0 Å². The topological polar surface area (TPSA) is 108 Å².